The Labute approximate surface area is 104 Å². The second kappa shape index (κ2) is 6.62. The maximum absolute atomic E-state index is 5.46. The van der Waals surface area contributed by atoms with Crippen LogP contribution in [-0.4, -0.2) is 26.1 Å². The average molecular weight is 286 g/mol. The number of methoxy groups -OCH3 is 1. The Hall–Kier alpha value is -0.910. The summed E-state index contributed by atoms with van der Waals surface area (Å²) in [5.41, 5.74) is 4.73. The normalized spacial score (nSPS) is 11.6. The van der Waals surface area contributed by atoms with Gasteiger partial charge in [-0.1, -0.05) is 27.6 Å². The van der Waals surface area contributed by atoms with Crippen LogP contribution in [0.1, 0.15) is 11.1 Å². The summed E-state index contributed by atoms with van der Waals surface area (Å²) in [6, 6.07) is 6.03. The van der Waals surface area contributed by atoms with E-state index in [-0.39, 0.29) is 0 Å². The molecule has 0 aliphatic heterocycles. The third-order valence-electron chi connectivity index (χ3n) is 2.08. The Kier molecular flexibility index (Phi) is 5.45. The largest absolute Gasteiger partial charge is 0.383 e. The van der Waals surface area contributed by atoms with Crippen molar-refractivity contribution in [3.63, 3.8) is 0 Å². The molecule has 4 nitrogen and oxygen atoms in total. The molecule has 0 radical (unpaired) electrons. The molecule has 0 spiro atoms. The number of nitrogens with one attached hydrogen (secondary N) is 1. The lowest BCUT2D eigenvalue weighted by molar-refractivity contribution is 0.208. The molecule has 0 saturated heterocycles. The van der Waals surface area contributed by atoms with E-state index in [2.05, 4.69) is 26.3 Å². The van der Waals surface area contributed by atoms with Crippen LogP contribution in [0, 0.1) is 6.92 Å². The van der Waals surface area contributed by atoms with Crippen molar-refractivity contribution in [1.29, 1.82) is 0 Å². The molecule has 0 aromatic heterocycles. The minimum absolute atomic E-state index is 0.578. The molecule has 88 valence electrons. The molecule has 0 unspecified atom stereocenters. The maximum atomic E-state index is 5.46. The van der Waals surface area contributed by atoms with Crippen molar-refractivity contribution in [2.24, 2.45) is 10.8 Å². The van der Waals surface area contributed by atoms with E-state index in [1.54, 1.807) is 7.11 Å². The minimum Gasteiger partial charge on any atom is -0.383 e. The van der Waals surface area contributed by atoms with E-state index in [1.165, 1.54) is 0 Å². The number of rotatable bonds is 4. The number of hydrogen-bond donors (Lipinski definition) is 2. The summed E-state index contributed by atoms with van der Waals surface area (Å²) < 4.78 is 5.90. The molecule has 0 atom stereocenters. The van der Waals surface area contributed by atoms with Crippen molar-refractivity contribution in [2.45, 2.75) is 6.92 Å². The third-order valence-corrected chi connectivity index (χ3v) is 2.77. The second-order valence-corrected chi connectivity index (χ2v) is 4.21. The van der Waals surface area contributed by atoms with Gasteiger partial charge in [0.1, 0.15) is 5.84 Å². The first-order valence-corrected chi connectivity index (χ1v) is 5.75. The number of ether oxygens (including phenoxy) is 1. The fourth-order valence-electron chi connectivity index (χ4n) is 1.28. The van der Waals surface area contributed by atoms with E-state index in [4.69, 9.17) is 10.6 Å². The van der Waals surface area contributed by atoms with Gasteiger partial charge in [0.05, 0.1) is 13.2 Å². The van der Waals surface area contributed by atoms with Gasteiger partial charge in [0, 0.05) is 17.1 Å². The average Bonchev–Trinajstić information content (AvgIpc) is 2.28. The van der Waals surface area contributed by atoms with Crippen LogP contribution in [0.3, 0.4) is 0 Å². The first-order valence-electron chi connectivity index (χ1n) is 4.95. The van der Waals surface area contributed by atoms with Crippen LogP contribution in [0.2, 0.25) is 0 Å². The topological polar surface area (TPSA) is 59.6 Å². The Morgan fingerprint density at radius 1 is 1.56 bits per heavy atom. The zero-order chi connectivity index (χ0) is 12.0. The van der Waals surface area contributed by atoms with Crippen LogP contribution in [0.25, 0.3) is 0 Å². The van der Waals surface area contributed by atoms with Crippen LogP contribution < -0.4 is 11.3 Å². The lowest BCUT2D eigenvalue weighted by atomic mass is 10.1. The van der Waals surface area contributed by atoms with E-state index >= 15 is 0 Å². The molecule has 0 aliphatic rings. The number of nitrogens with zero attached hydrogens (tertiary/aromatic N) is 1. The maximum Gasteiger partial charge on any atom is 0.143 e. The van der Waals surface area contributed by atoms with Crippen molar-refractivity contribution >= 4 is 21.8 Å². The van der Waals surface area contributed by atoms with Gasteiger partial charge in [-0.25, -0.2) is 5.84 Å². The number of hydrogen-bond acceptors (Lipinski definition) is 3. The fraction of sp³-hybridized carbons (Fsp3) is 0.364. The molecule has 1 aromatic carbocycles. The SMILES string of the molecule is COCCN=C(NN)c1cc(C)ccc1Br. The van der Waals surface area contributed by atoms with E-state index in [0.717, 1.165) is 15.6 Å². The number of halogens is 1. The Morgan fingerprint density at radius 2 is 2.31 bits per heavy atom. The molecule has 0 heterocycles. The molecule has 3 N–H and O–H groups in total. The molecular formula is C11H16BrN3O. The molecule has 0 fully saturated rings. The fourth-order valence-corrected chi connectivity index (χ4v) is 1.71. The van der Waals surface area contributed by atoms with Gasteiger partial charge in [-0.15, -0.1) is 0 Å². The van der Waals surface area contributed by atoms with Gasteiger partial charge in [-0.05, 0) is 19.1 Å². The van der Waals surface area contributed by atoms with Crippen molar-refractivity contribution in [3.05, 3.63) is 33.8 Å². The minimum atomic E-state index is 0.578. The van der Waals surface area contributed by atoms with Crippen molar-refractivity contribution in [3.8, 4) is 0 Å². The van der Waals surface area contributed by atoms with Gasteiger partial charge in [0.15, 0.2) is 0 Å². The standard InChI is InChI=1S/C11H16BrN3O/c1-8-3-4-10(12)9(7-8)11(15-13)14-5-6-16-2/h3-4,7H,5-6,13H2,1-2H3,(H,14,15). The molecule has 1 aromatic rings. The lowest BCUT2D eigenvalue weighted by Gasteiger charge is -2.09. The van der Waals surface area contributed by atoms with Crippen molar-refractivity contribution in [1.82, 2.24) is 5.43 Å². The predicted octanol–water partition coefficient (Wildman–Crippen LogP) is 1.61. The Morgan fingerprint density at radius 3 is 2.94 bits per heavy atom. The van der Waals surface area contributed by atoms with E-state index in [0.29, 0.717) is 19.0 Å². The van der Waals surface area contributed by atoms with Crippen LogP contribution in [0.15, 0.2) is 27.7 Å². The highest BCUT2D eigenvalue weighted by Gasteiger charge is 2.06. The number of aliphatic imine (C=N–C) groups is 1. The predicted molar refractivity (Wildman–Crippen MR) is 69.5 cm³/mol. The summed E-state index contributed by atoms with van der Waals surface area (Å²) in [6.07, 6.45) is 0. The zero-order valence-corrected chi connectivity index (χ0v) is 11.0. The molecule has 0 amide bonds. The summed E-state index contributed by atoms with van der Waals surface area (Å²) in [4.78, 5) is 4.33. The number of benzene rings is 1. The smallest absolute Gasteiger partial charge is 0.143 e. The zero-order valence-electron chi connectivity index (χ0n) is 9.46. The number of hydrazine groups is 1. The summed E-state index contributed by atoms with van der Waals surface area (Å²) >= 11 is 3.47. The molecule has 0 bridgehead atoms. The molecule has 0 saturated carbocycles. The van der Waals surface area contributed by atoms with Crippen molar-refractivity contribution < 1.29 is 4.74 Å². The summed E-state index contributed by atoms with van der Waals surface area (Å²) in [6.45, 7) is 3.18. The molecule has 1 rings (SSSR count). The molecule has 0 aliphatic carbocycles. The summed E-state index contributed by atoms with van der Waals surface area (Å²) in [5.74, 6) is 6.12. The number of nitrogens with two attached hydrogens (primary N) is 1. The first kappa shape index (κ1) is 13.2. The summed E-state index contributed by atoms with van der Waals surface area (Å²) in [5, 5.41) is 0. The van der Waals surface area contributed by atoms with Gasteiger partial charge in [0.2, 0.25) is 0 Å². The Bertz CT molecular complexity index is 379. The van der Waals surface area contributed by atoms with Gasteiger partial charge >= 0.3 is 0 Å². The lowest BCUT2D eigenvalue weighted by Crippen LogP contribution is -2.32. The van der Waals surface area contributed by atoms with Crippen LogP contribution in [0.5, 0.6) is 0 Å². The first-order chi connectivity index (χ1) is 7.69. The van der Waals surface area contributed by atoms with Gasteiger partial charge < -0.3 is 10.2 Å². The molecular weight excluding hydrogens is 270 g/mol. The molecule has 5 heteroatoms. The third kappa shape index (κ3) is 3.59. The Balaban J connectivity index is 2.94. The van der Waals surface area contributed by atoms with Gasteiger partial charge in [-0.3, -0.25) is 4.99 Å². The van der Waals surface area contributed by atoms with Crippen LogP contribution >= 0.6 is 15.9 Å². The highest BCUT2D eigenvalue weighted by molar-refractivity contribution is 9.10. The quantitative estimate of drug-likeness (QED) is 0.291. The van der Waals surface area contributed by atoms with E-state index in [9.17, 15) is 0 Å². The van der Waals surface area contributed by atoms with Crippen LogP contribution in [0.4, 0.5) is 0 Å². The summed E-state index contributed by atoms with van der Waals surface area (Å²) in [7, 11) is 1.65. The number of amidine groups is 1. The highest BCUT2D eigenvalue weighted by atomic mass is 79.9. The van der Waals surface area contributed by atoms with Crippen molar-refractivity contribution in [2.75, 3.05) is 20.3 Å². The van der Waals surface area contributed by atoms with Gasteiger partial charge in [-0.2, -0.15) is 0 Å². The van der Waals surface area contributed by atoms with E-state index in [1.807, 2.05) is 25.1 Å². The van der Waals surface area contributed by atoms with Crippen LogP contribution in [-0.2, 0) is 4.74 Å². The molecule has 16 heavy (non-hydrogen) atoms. The highest BCUT2D eigenvalue weighted by Crippen LogP contribution is 2.18. The second-order valence-electron chi connectivity index (χ2n) is 3.35. The van der Waals surface area contributed by atoms with E-state index < -0.39 is 0 Å². The number of aryl methyl sites for hydroxylation is 1. The monoisotopic (exact) mass is 285 g/mol. The van der Waals surface area contributed by atoms with Gasteiger partial charge in [0.25, 0.3) is 0 Å².